The number of alkyl halides is 1. The van der Waals surface area contributed by atoms with Crippen LogP contribution in [0.2, 0.25) is 0 Å². The van der Waals surface area contributed by atoms with Crippen molar-refractivity contribution in [1.29, 1.82) is 5.26 Å². The molecule has 0 aromatic heterocycles. The van der Waals surface area contributed by atoms with Crippen LogP contribution in [-0.2, 0) is 9.53 Å². The summed E-state index contributed by atoms with van der Waals surface area (Å²) in [4.78, 5) is 28.6. The van der Waals surface area contributed by atoms with E-state index in [0.717, 1.165) is 5.56 Å². The minimum atomic E-state index is -0.732. The number of nitro groups is 1. The molecule has 0 spiro atoms. The number of rotatable bonds is 8. The summed E-state index contributed by atoms with van der Waals surface area (Å²) < 4.78 is 5.34. The molecule has 0 N–H and O–H groups in total. The number of aliphatic imine (C=N–C) groups is 1. The molecule has 3 atom stereocenters. The Balaban J connectivity index is 2.07. The topological polar surface area (TPSA) is 106 Å². The molecular formula is C25H24BrN3O4. The first-order chi connectivity index (χ1) is 15.9. The average molecular weight is 510 g/mol. The Hall–Kier alpha value is -3.31. The number of benzene rings is 2. The fourth-order valence-electron chi connectivity index (χ4n) is 4.03. The van der Waals surface area contributed by atoms with Gasteiger partial charge in [0.1, 0.15) is 0 Å². The van der Waals surface area contributed by atoms with Crippen LogP contribution in [0.3, 0.4) is 0 Å². The monoisotopic (exact) mass is 509 g/mol. The average Bonchev–Trinajstić information content (AvgIpc) is 2.82. The molecule has 0 radical (unpaired) electrons. The zero-order valence-corrected chi connectivity index (χ0v) is 20.0. The molecular weight excluding hydrogens is 486 g/mol. The highest BCUT2D eigenvalue weighted by molar-refractivity contribution is 9.09. The van der Waals surface area contributed by atoms with Crippen LogP contribution in [0, 0.1) is 27.4 Å². The van der Waals surface area contributed by atoms with Crippen LogP contribution < -0.4 is 0 Å². The maximum Gasteiger partial charge on any atom is 0.336 e. The number of esters is 1. The van der Waals surface area contributed by atoms with Crippen molar-refractivity contribution in [3.8, 4) is 6.07 Å². The molecule has 0 amide bonds. The third-order valence-electron chi connectivity index (χ3n) is 5.59. The number of non-ortho nitro benzene ring substituents is 1. The van der Waals surface area contributed by atoms with Gasteiger partial charge in [0.05, 0.1) is 34.8 Å². The first kappa shape index (κ1) is 24.3. The lowest BCUT2D eigenvalue weighted by molar-refractivity contribution is -0.384. The van der Waals surface area contributed by atoms with Gasteiger partial charge in [0.15, 0.2) is 0 Å². The van der Waals surface area contributed by atoms with Crippen LogP contribution in [0.15, 0.2) is 70.9 Å². The molecule has 3 rings (SSSR count). The highest BCUT2D eigenvalue weighted by Gasteiger charge is 2.39. The summed E-state index contributed by atoms with van der Waals surface area (Å²) in [7, 11) is 0. The van der Waals surface area contributed by atoms with Gasteiger partial charge >= 0.3 is 5.97 Å². The Morgan fingerprint density at radius 3 is 2.64 bits per heavy atom. The van der Waals surface area contributed by atoms with Gasteiger partial charge < -0.3 is 4.74 Å². The quantitative estimate of drug-likeness (QED) is 0.187. The van der Waals surface area contributed by atoms with Gasteiger partial charge in [-0.3, -0.25) is 15.1 Å². The Kier molecular flexibility index (Phi) is 8.12. The number of halogens is 1. The highest BCUT2D eigenvalue weighted by atomic mass is 79.9. The van der Waals surface area contributed by atoms with Crippen LogP contribution >= 0.6 is 15.9 Å². The minimum absolute atomic E-state index is 0.0510. The van der Waals surface area contributed by atoms with Crippen LogP contribution in [0.1, 0.15) is 48.6 Å². The largest absolute Gasteiger partial charge is 0.463 e. The van der Waals surface area contributed by atoms with Gasteiger partial charge in [0.2, 0.25) is 0 Å². The van der Waals surface area contributed by atoms with Gasteiger partial charge in [-0.1, -0.05) is 58.4 Å². The first-order valence-electron chi connectivity index (χ1n) is 10.7. The lowest BCUT2D eigenvalue weighted by Gasteiger charge is -2.30. The van der Waals surface area contributed by atoms with E-state index in [9.17, 15) is 20.2 Å². The molecule has 2 aromatic rings. The Labute approximate surface area is 201 Å². The molecule has 33 heavy (non-hydrogen) atoms. The number of hydrogen-bond acceptors (Lipinski definition) is 6. The van der Waals surface area contributed by atoms with Crippen molar-refractivity contribution in [2.24, 2.45) is 10.9 Å². The number of carbonyl (C=O) groups is 1. The summed E-state index contributed by atoms with van der Waals surface area (Å²) in [6.45, 7) is 3.63. The molecule has 8 heteroatoms. The van der Waals surface area contributed by atoms with Gasteiger partial charge in [-0.25, -0.2) is 4.79 Å². The number of nitro benzene ring substituents is 1. The van der Waals surface area contributed by atoms with Crippen molar-refractivity contribution < 1.29 is 14.5 Å². The standard InChI is InChI=1S/C25H24BrN3O4/c1-3-33-25(30)24-22(13-12-21(26)17-8-5-4-6-9-17)28-16(2)20(15-27)23(24)18-10-7-11-19(14-18)29(31)32/h4-11,14,20-21,23H,3,12-13H2,1-2H3. The van der Waals surface area contributed by atoms with E-state index >= 15 is 0 Å². The summed E-state index contributed by atoms with van der Waals surface area (Å²) in [6, 6.07) is 18.2. The van der Waals surface area contributed by atoms with E-state index in [-0.39, 0.29) is 17.1 Å². The molecule has 7 nitrogen and oxygen atoms in total. The molecule has 170 valence electrons. The van der Waals surface area contributed by atoms with E-state index in [1.54, 1.807) is 26.0 Å². The summed E-state index contributed by atoms with van der Waals surface area (Å²) in [5.41, 5.74) is 2.94. The lowest BCUT2D eigenvalue weighted by Crippen LogP contribution is -2.30. The number of nitrogens with zero attached hydrogens (tertiary/aromatic N) is 3. The third kappa shape index (κ3) is 5.55. The second kappa shape index (κ2) is 11.0. The van der Waals surface area contributed by atoms with E-state index in [2.05, 4.69) is 27.0 Å². The Morgan fingerprint density at radius 2 is 2.00 bits per heavy atom. The molecule has 0 aliphatic carbocycles. The van der Waals surface area contributed by atoms with Crippen molar-refractivity contribution in [3.63, 3.8) is 0 Å². The summed E-state index contributed by atoms with van der Waals surface area (Å²) in [5, 5.41) is 21.3. The van der Waals surface area contributed by atoms with Crippen LogP contribution in [0.5, 0.6) is 0 Å². The molecule has 0 fully saturated rings. The van der Waals surface area contributed by atoms with E-state index in [1.165, 1.54) is 12.1 Å². The van der Waals surface area contributed by atoms with Crippen molar-refractivity contribution >= 4 is 33.3 Å². The SMILES string of the molecule is CCOC(=O)C1=C(CCC(Br)c2ccccc2)N=C(C)C(C#N)C1c1cccc([N+](=O)[O-])c1. The molecule has 0 saturated carbocycles. The van der Waals surface area contributed by atoms with Gasteiger partial charge in [-0.05, 0) is 37.8 Å². The maximum atomic E-state index is 13.1. The summed E-state index contributed by atoms with van der Waals surface area (Å²) >= 11 is 3.71. The second-order valence-electron chi connectivity index (χ2n) is 7.69. The van der Waals surface area contributed by atoms with Gasteiger partial charge in [0.25, 0.3) is 5.69 Å². The molecule has 0 saturated heterocycles. The first-order valence-corrected chi connectivity index (χ1v) is 11.6. The smallest absolute Gasteiger partial charge is 0.336 e. The molecule has 2 aromatic carbocycles. The normalized spacial score (nSPS) is 18.8. The van der Waals surface area contributed by atoms with Crippen molar-refractivity contribution in [3.05, 3.63) is 87.1 Å². The minimum Gasteiger partial charge on any atom is -0.463 e. The summed E-state index contributed by atoms with van der Waals surface area (Å²) in [5.74, 6) is -1.98. The lowest BCUT2D eigenvalue weighted by atomic mass is 9.75. The van der Waals surface area contributed by atoms with Gasteiger partial charge in [-0.15, -0.1) is 0 Å². The summed E-state index contributed by atoms with van der Waals surface area (Å²) in [6.07, 6.45) is 1.14. The number of nitriles is 1. The van der Waals surface area contributed by atoms with E-state index in [1.807, 2.05) is 30.3 Å². The zero-order valence-electron chi connectivity index (χ0n) is 18.4. The fourth-order valence-corrected chi connectivity index (χ4v) is 4.56. The molecule has 0 bridgehead atoms. The van der Waals surface area contributed by atoms with E-state index < -0.39 is 22.7 Å². The predicted molar refractivity (Wildman–Crippen MR) is 129 cm³/mol. The molecule has 1 aliphatic rings. The predicted octanol–water partition coefficient (Wildman–Crippen LogP) is 6.03. The van der Waals surface area contributed by atoms with Gasteiger partial charge in [0, 0.05) is 28.6 Å². The number of allylic oxidation sites excluding steroid dienone is 1. The number of carbonyl (C=O) groups excluding carboxylic acids is 1. The number of ether oxygens (including phenoxy) is 1. The fraction of sp³-hybridized carbons (Fsp3) is 0.320. The van der Waals surface area contributed by atoms with Crippen molar-refractivity contribution in [2.75, 3.05) is 6.61 Å². The zero-order chi connectivity index (χ0) is 24.0. The molecule has 1 aliphatic heterocycles. The van der Waals surface area contributed by atoms with Gasteiger partial charge in [-0.2, -0.15) is 5.26 Å². The van der Waals surface area contributed by atoms with Crippen LogP contribution in [0.4, 0.5) is 5.69 Å². The van der Waals surface area contributed by atoms with E-state index in [4.69, 9.17) is 4.74 Å². The van der Waals surface area contributed by atoms with Crippen LogP contribution in [0.25, 0.3) is 0 Å². The maximum absolute atomic E-state index is 13.1. The Bertz CT molecular complexity index is 1140. The number of hydrogen-bond donors (Lipinski definition) is 0. The highest BCUT2D eigenvalue weighted by Crippen LogP contribution is 2.42. The molecule has 1 heterocycles. The van der Waals surface area contributed by atoms with Crippen molar-refractivity contribution in [2.45, 2.75) is 37.4 Å². The second-order valence-corrected chi connectivity index (χ2v) is 8.79. The Morgan fingerprint density at radius 1 is 1.27 bits per heavy atom. The van der Waals surface area contributed by atoms with Crippen LogP contribution in [-0.4, -0.2) is 23.2 Å². The van der Waals surface area contributed by atoms with Crippen molar-refractivity contribution in [1.82, 2.24) is 0 Å². The van der Waals surface area contributed by atoms with E-state index in [0.29, 0.717) is 35.4 Å². The molecule has 3 unspecified atom stereocenters. The third-order valence-corrected chi connectivity index (χ3v) is 6.57.